The molecule has 2 N–H and O–H groups in total. The van der Waals surface area contributed by atoms with Crippen molar-refractivity contribution in [3.63, 3.8) is 0 Å². The van der Waals surface area contributed by atoms with Crippen LogP contribution in [0.4, 0.5) is 5.82 Å². The first-order chi connectivity index (χ1) is 12.1. The van der Waals surface area contributed by atoms with Crippen LogP contribution in [0, 0.1) is 0 Å². The van der Waals surface area contributed by atoms with Crippen LogP contribution in [0.3, 0.4) is 0 Å². The van der Waals surface area contributed by atoms with Gasteiger partial charge in [0.25, 0.3) is 5.56 Å². The Morgan fingerprint density at radius 2 is 2.04 bits per heavy atom. The fourth-order valence-corrected chi connectivity index (χ4v) is 2.51. The molecule has 0 aliphatic heterocycles. The number of aliphatic imine (C=N–C) groups is 1. The molecule has 8 nitrogen and oxygen atoms in total. The number of aromatic amines is 2. The molecule has 0 amide bonds. The second-order valence-corrected chi connectivity index (χ2v) is 5.33. The molecular formula is C17H17N5O3. The van der Waals surface area contributed by atoms with E-state index in [2.05, 4.69) is 20.3 Å². The highest BCUT2D eigenvalue weighted by Crippen LogP contribution is 2.13. The first kappa shape index (κ1) is 16.4. The molecular weight excluding hydrogens is 322 g/mol. The second kappa shape index (κ2) is 7.00. The molecule has 2 aromatic heterocycles. The quantitative estimate of drug-likeness (QED) is 0.545. The average molecular weight is 339 g/mol. The smallest absolute Gasteiger partial charge is 0.311 e. The van der Waals surface area contributed by atoms with E-state index in [1.54, 1.807) is 31.3 Å². The summed E-state index contributed by atoms with van der Waals surface area (Å²) in [5, 5.41) is 9.54. The Morgan fingerprint density at radius 1 is 1.28 bits per heavy atom. The van der Waals surface area contributed by atoms with Crippen molar-refractivity contribution < 1.29 is 9.53 Å². The minimum absolute atomic E-state index is 0.0588. The lowest BCUT2D eigenvalue weighted by molar-refractivity contribution is -0.139. The van der Waals surface area contributed by atoms with E-state index in [1.807, 2.05) is 18.2 Å². The lowest BCUT2D eigenvalue weighted by atomic mass is 10.1. The van der Waals surface area contributed by atoms with E-state index in [9.17, 15) is 9.59 Å². The molecule has 25 heavy (non-hydrogen) atoms. The standard InChI is InChI=1S/C17H17N5O3/c1-11(19-14-8-9-18-20-14)16-13(10-15(23)25-2)21-22(17(16)24)12-6-4-3-5-7-12/h3-9,21H,10H2,1-2H3,(H,18,20). The van der Waals surface area contributed by atoms with Crippen LogP contribution in [0.25, 0.3) is 5.69 Å². The highest BCUT2D eigenvalue weighted by molar-refractivity contribution is 6.01. The molecule has 0 bridgehead atoms. The maximum Gasteiger partial charge on any atom is 0.311 e. The molecule has 0 spiro atoms. The molecule has 128 valence electrons. The van der Waals surface area contributed by atoms with Crippen molar-refractivity contribution in [3.8, 4) is 5.69 Å². The summed E-state index contributed by atoms with van der Waals surface area (Å²) in [6, 6.07) is 10.8. The summed E-state index contributed by atoms with van der Waals surface area (Å²) < 4.78 is 6.11. The van der Waals surface area contributed by atoms with Gasteiger partial charge >= 0.3 is 5.97 Å². The number of esters is 1. The Kier molecular flexibility index (Phi) is 4.60. The van der Waals surface area contributed by atoms with Gasteiger partial charge in [-0.3, -0.25) is 19.8 Å². The van der Waals surface area contributed by atoms with Gasteiger partial charge < -0.3 is 4.74 Å². The molecule has 0 aliphatic carbocycles. The minimum atomic E-state index is -0.447. The van der Waals surface area contributed by atoms with Gasteiger partial charge in [0.2, 0.25) is 0 Å². The number of aromatic nitrogens is 4. The Labute approximate surface area is 143 Å². The third-order valence-electron chi connectivity index (χ3n) is 3.66. The summed E-state index contributed by atoms with van der Waals surface area (Å²) in [7, 11) is 1.31. The predicted octanol–water partition coefficient (Wildman–Crippen LogP) is 1.74. The summed E-state index contributed by atoms with van der Waals surface area (Å²) in [6.45, 7) is 1.71. The molecule has 0 unspecified atom stereocenters. The van der Waals surface area contributed by atoms with Crippen molar-refractivity contribution in [2.45, 2.75) is 13.3 Å². The van der Waals surface area contributed by atoms with Crippen LogP contribution >= 0.6 is 0 Å². The van der Waals surface area contributed by atoms with E-state index in [-0.39, 0.29) is 12.0 Å². The van der Waals surface area contributed by atoms with Gasteiger partial charge in [0, 0.05) is 6.07 Å². The van der Waals surface area contributed by atoms with Crippen LogP contribution in [0.5, 0.6) is 0 Å². The number of hydrogen-bond acceptors (Lipinski definition) is 5. The van der Waals surface area contributed by atoms with Crippen LogP contribution in [0.1, 0.15) is 18.2 Å². The van der Waals surface area contributed by atoms with E-state index >= 15 is 0 Å². The molecule has 0 saturated carbocycles. The summed E-state index contributed by atoms with van der Waals surface area (Å²) >= 11 is 0. The minimum Gasteiger partial charge on any atom is -0.469 e. The fraction of sp³-hybridized carbons (Fsp3) is 0.176. The van der Waals surface area contributed by atoms with Gasteiger partial charge in [-0.25, -0.2) is 9.67 Å². The van der Waals surface area contributed by atoms with Crippen LogP contribution in [0.15, 0.2) is 52.4 Å². The Balaban J connectivity index is 2.13. The first-order valence-corrected chi connectivity index (χ1v) is 7.61. The van der Waals surface area contributed by atoms with Gasteiger partial charge in [-0.15, -0.1) is 0 Å². The number of rotatable bonds is 5. The SMILES string of the molecule is COC(=O)Cc1[nH]n(-c2ccccc2)c(=O)c1C(C)=Nc1ccn[nH]1. The van der Waals surface area contributed by atoms with Crippen molar-refractivity contribution in [3.05, 3.63) is 64.2 Å². The Hall–Kier alpha value is -3.42. The van der Waals surface area contributed by atoms with Gasteiger partial charge in [0.1, 0.15) is 5.82 Å². The largest absolute Gasteiger partial charge is 0.469 e. The zero-order chi connectivity index (χ0) is 17.8. The zero-order valence-corrected chi connectivity index (χ0v) is 13.8. The number of H-pyrrole nitrogens is 2. The topological polar surface area (TPSA) is 105 Å². The monoisotopic (exact) mass is 339 g/mol. The molecule has 3 aromatic rings. The van der Waals surface area contributed by atoms with Gasteiger partial charge in [-0.1, -0.05) is 18.2 Å². The maximum absolute atomic E-state index is 12.9. The van der Waals surface area contributed by atoms with Crippen molar-refractivity contribution in [2.24, 2.45) is 4.99 Å². The third kappa shape index (κ3) is 3.42. The number of methoxy groups -OCH3 is 1. The van der Waals surface area contributed by atoms with Crippen molar-refractivity contribution in [2.75, 3.05) is 7.11 Å². The lowest BCUT2D eigenvalue weighted by Gasteiger charge is -2.01. The van der Waals surface area contributed by atoms with Crippen LogP contribution in [0.2, 0.25) is 0 Å². The lowest BCUT2D eigenvalue weighted by Crippen LogP contribution is -2.20. The van der Waals surface area contributed by atoms with Gasteiger partial charge in [0.05, 0.1) is 42.4 Å². The van der Waals surface area contributed by atoms with Crippen molar-refractivity contribution in [1.29, 1.82) is 0 Å². The number of hydrogen-bond donors (Lipinski definition) is 2. The maximum atomic E-state index is 12.9. The van der Waals surface area contributed by atoms with E-state index in [0.29, 0.717) is 28.5 Å². The highest BCUT2D eigenvalue weighted by Gasteiger charge is 2.20. The number of nitrogens with one attached hydrogen (secondary N) is 2. The molecule has 1 aromatic carbocycles. The molecule has 8 heteroatoms. The number of para-hydroxylation sites is 1. The highest BCUT2D eigenvalue weighted by atomic mass is 16.5. The van der Waals surface area contributed by atoms with E-state index < -0.39 is 5.97 Å². The third-order valence-corrected chi connectivity index (χ3v) is 3.66. The molecule has 0 radical (unpaired) electrons. The summed E-state index contributed by atoms with van der Waals surface area (Å²) in [6.07, 6.45) is 1.51. The van der Waals surface area contributed by atoms with E-state index in [1.165, 1.54) is 11.8 Å². The van der Waals surface area contributed by atoms with Gasteiger partial charge in [-0.2, -0.15) is 5.10 Å². The Bertz CT molecular complexity index is 952. The number of carbonyl (C=O) groups excluding carboxylic acids is 1. The number of ether oxygens (including phenoxy) is 1. The van der Waals surface area contributed by atoms with E-state index in [0.717, 1.165) is 0 Å². The predicted molar refractivity (Wildman–Crippen MR) is 92.6 cm³/mol. The second-order valence-electron chi connectivity index (χ2n) is 5.33. The van der Waals surface area contributed by atoms with Crippen molar-refractivity contribution in [1.82, 2.24) is 20.0 Å². The average Bonchev–Trinajstić information content (AvgIpc) is 3.23. The van der Waals surface area contributed by atoms with Crippen LogP contribution < -0.4 is 5.56 Å². The van der Waals surface area contributed by atoms with Crippen molar-refractivity contribution >= 4 is 17.5 Å². The van der Waals surface area contributed by atoms with Gasteiger partial charge in [-0.05, 0) is 19.1 Å². The van der Waals surface area contributed by atoms with Crippen LogP contribution in [-0.2, 0) is 16.0 Å². The summed E-state index contributed by atoms with van der Waals surface area (Å²) in [4.78, 5) is 29.0. The number of nitrogens with zero attached hydrogens (tertiary/aromatic N) is 3. The molecule has 3 rings (SSSR count). The molecule has 0 saturated heterocycles. The Morgan fingerprint density at radius 3 is 2.68 bits per heavy atom. The zero-order valence-electron chi connectivity index (χ0n) is 13.8. The summed E-state index contributed by atoms with van der Waals surface area (Å²) in [5.41, 5.74) is 1.63. The molecule has 2 heterocycles. The first-order valence-electron chi connectivity index (χ1n) is 7.61. The van der Waals surface area contributed by atoms with Crippen LogP contribution in [-0.4, -0.2) is 38.8 Å². The number of benzene rings is 1. The normalized spacial score (nSPS) is 11.5. The molecule has 0 aliphatic rings. The van der Waals surface area contributed by atoms with E-state index in [4.69, 9.17) is 4.74 Å². The fourth-order valence-electron chi connectivity index (χ4n) is 2.51. The number of carbonyl (C=O) groups is 1. The summed E-state index contributed by atoms with van der Waals surface area (Å²) in [5.74, 6) is 0.0745. The van der Waals surface area contributed by atoms with Gasteiger partial charge in [0.15, 0.2) is 0 Å². The molecule has 0 fully saturated rings. The molecule has 0 atom stereocenters.